The first-order chi connectivity index (χ1) is 13.1. The van der Waals surface area contributed by atoms with Gasteiger partial charge in [-0.1, -0.05) is 49.0 Å². The third kappa shape index (κ3) is 4.78. The zero-order chi connectivity index (χ0) is 19.2. The van der Waals surface area contributed by atoms with Gasteiger partial charge in [0.25, 0.3) is 0 Å². The quantitative estimate of drug-likeness (QED) is 0.583. The van der Waals surface area contributed by atoms with Gasteiger partial charge in [-0.25, -0.2) is 0 Å². The van der Waals surface area contributed by atoms with Gasteiger partial charge in [0, 0.05) is 29.4 Å². The van der Waals surface area contributed by atoms with E-state index in [1.54, 1.807) is 11.3 Å². The summed E-state index contributed by atoms with van der Waals surface area (Å²) in [6, 6.07) is 10.2. The number of hydrogen-bond donors (Lipinski definition) is 1. The molecule has 0 aliphatic heterocycles. The number of rotatable bonds is 8. The average Bonchev–Trinajstić information content (AvgIpc) is 3.22. The highest BCUT2D eigenvalue weighted by atomic mass is 32.2. The molecule has 1 amide bonds. The predicted octanol–water partition coefficient (Wildman–Crippen LogP) is 3.87. The van der Waals surface area contributed by atoms with Crippen LogP contribution >= 0.6 is 23.1 Å². The van der Waals surface area contributed by atoms with Crippen LogP contribution < -0.4 is 5.32 Å². The zero-order valence-corrected chi connectivity index (χ0v) is 17.5. The molecule has 1 aromatic carbocycles. The van der Waals surface area contributed by atoms with Gasteiger partial charge in [-0.3, -0.25) is 4.79 Å². The van der Waals surface area contributed by atoms with Crippen LogP contribution in [0, 0.1) is 6.92 Å². The fourth-order valence-electron chi connectivity index (χ4n) is 2.95. The molecule has 0 atom stereocenters. The van der Waals surface area contributed by atoms with Crippen LogP contribution in [0.25, 0.3) is 11.4 Å². The van der Waals surface area contributed by atoms with E-state index in [2.05, 4.69) is 46.9 Å². The summed E-state index contributed by atoms with van der Waals surface area (Å²) in [5, 5.41) is 14.5. The largest absolute Gasteiger partial charge is 0.355 e. The third-order valence-electron chi connectivity index (χ3n) is 4.44. The minimum atomic E-state index is 0.0149. The molecular formula is C20H24N4OS2. The van der Waals surface area contributed by atoms with Gasteiger partial charge in [0.2, 0.25) is 5.91 Å². The van der Waals surface area contributed by atoms with Gasteiger partial charge in [-0.05, 0) is 30.9 Å². The molecule has 2 aromatic heterocycles. The van der Waals surface area contributed by atoms with Crippen molar-refractivity contribution in [2.45, 2.75) is 31.8 Å². The van der Waals surface area contributed by atoms with E-state index in [1.165, 1.54) is 27.8 Å². The van der Waals surface area contributed by atoms with Gasteiger partial charge < -0.3 is 9.88 Å². The molecule has 1 N–H and O–H groups in total. The zero-order valence-electron chi connectivity index (χ0n) is 15.9. The number of nitrogens with zero attached hydrogens (tertiary/aromatic N) is 3. The topological polar surface area (TPSA) is 59.8 Å². The molecule has 142 valence electrons. The van der Waals surface area contributed by atoms with E-state index in [4.69, 9.17) is 0 Å². The number of carbonyl (C=O) groups is 1. The van der Waals surface area contributed by atoms with Crippen LogP contribution in [-0.2, 0) is 24.7 Å². The van der Waals surface area contributed by atoms with Crippen LogP contribution in [0.3, 0.4) is 0 Å². The summed E-state index contributed by atoms with van der Waals surface area (Å²) in [6.07, 6.45) is 1.81. The third-order valence-corrected chi connectivity index (χ3v) is 6.42. The highest BCUT2D eigenvalue weighted by Gasteiger charge is 2.17. The number of aryl methyl sites for hydroxylation is 1. The Morgan fingerprint density at radius 1 is 1.26 bits per heavy atom. The summed E-state index contributed by atoms with van der Waals surface area (Å²) < 4.78 is 1.97. The monoisotopic (exact) mass is 400 g/mol. The van der Waals surface area contributed by atoms with E-state index < -0.39 is 0 Å². The maximum Gasteiger partial charge on any atom is 0.230 e. The number of aromatic nitrogens is 3. The second kappa shape index (κ2) is 9.19. The smallest absolute Gasteiger partial charge is 0.230 e. The van der Waals surface area contributed by atoms with Gasteiger partial charge in [0.05, 0.1) is 5.75 Å². The van der Waals surface area contributed by atoms with Crippen molar-refractivity contribution < 1.29 is 4.79 Å². The van der Waals surface area contributed by atoms with Gasteiger partial charge in [-0.2, -0.15) is 0 Å². The molecule has 0 aliphatic carbocycles. The summed E-state index contributed by atoms with van der Waals surface area (Å²) in [5.74, 6) is 1.22. The Morgan fingerprint density at radius 2 is 2.04 bits per heavy atom. The van der Waals surface area contributed by atoms with Crippen molar-refractivity contribution in [1.82, 2.24) is 20.1 Å². The molecule has 0 aliphatic rings. The molecule has 0 saturated heterocycles. The number of thiophene rings is 1. The molecule has 0 saturated carbocycles. The van der Waals surface area contributed by atoms with Crippen molar-refractivity contribution in [2.24, 2.45) is 7.05 Å². The van der Waals surface area contributed by atoms with Gasteiger partial charge in [0.1, 0.15) is 0 Å². The number of carbonyl (C=O) groups excluding carboxylic acids is 1. The Balaban J connectivity index is 1.54. The summed E-state index contributed by atoms with van der Waals surface area (Å²) in [6.45, 7) is 4.94. The summed E-state index contributed by atoms with van der Waals surface area (Å²) in [4.78, 5) is 13.4. The van der Waals surface area contributed by atoms with Gasteiger partial charge in [0.15, 0.2) is 11.0 Å². The van der Waals surface area contributed by atoms with Gasteiger partial charge >= 0.3 is 0 Å². The highest BCUT2D eigenvalue weighted by molar-refractivity contribution is 7.99. The van der Waals surface area contributed by atoms with Gasteiger partial charge in [-0.15, -0.1) is 21.5 Å². The molecule has 0 spiro atoms. The maximum atomic E-state index is 12.1. The van der Waals surface area contributed by atoms with Crippen LogP contribution in [0.4, 0.5) is 0 Å². The van der Waals surface area contributed by atoms with E-state index in [9.17, 15) is 4.79 Å². The Bertz CT molecular complexity index is 902. The average molecular weight is 401 g/mol. The van der Waals surface area contributed by atoms with E-state index in [0.717, 1.165) is 29.4 Å². The lowest BCUT2D eigenvalue weighted by Gasteiger charge is -2.06. The fraction of sp³-hybridized carbons (Fsp3) is 0.350. The van der Waals surface area contributed by atoms with Crippen molar-refractivity contribution in [3.63, 3.8) is 0 Å². The summed E-state index contributed by atoms with van der Waals surface area (Å²) in [7, 11) is 1.96. The summed E-state index contributed by atoms with van der Waals surface area (Å²) >= 11 is 3.16. The molecule has 3 rings (SSSR count). The first kappa shape index (κ1) is 19.6. The van der Waals surface area contributed by atoms with Crippen molar-refractivity contribution in [3.8, 4) is 11.4 Å². The molecule has 2 heterocycles. The van der Waals surface area contributed by atoms with Crippen molar-refractivity contribution in [1.29, 1.82) is 0 Å². The second-order valence-electron chi connectivity index (χ2n) is 6.28. The number of benzene rings is 1. The first-order valence-electron chi connectivity index (χ1n) is 9.00. The minimum Gasteiger partial charge on any atom is -0.355 e. The predicted molar refractivity (Wildman–Crippen MR) is 112 cm³/mol. The van der Waals surface area contributed by atoms with Crippen LogP contribution in [-0.4, -0.2) is 33.0 Å². The first-order valence-corrected chi connectivity index (χ1v) is 10.9. The number of thioether (sulfide) groups is 1. The van der Waals surface area contributed by atoms with Crippen molar-refractivity contribution in [2.75, 3.05) is 12.3 Å². The lowest BCUT2D eigenvalue weighted by Crippen LogP contribution is -2.27. The molecule has 0 radical (unpaired) electrons. The van der Waals surface area contributed by atoms with E-state index >= 15 is 0 Å². The van der Waals surface area contributed by atoms with E-state index in [1.807, 2.05) is 29.8 Å². The molecule has 7 heteroatoms. The number of amides is 1. The lowest BCUT2D eigenvalue weighted by molar-refractivity contribution is -0.118. The fourth-order valence-corrected chi connectivity index (χ4v) is 4.63. The lowest BCUT2D eigenvalue weighted by atomic mass is 10.1. The Labute approximate surface area is 168 Å². The normalized spacial score (nSPS) is 10.9. The summed E-state index contributed by atoms with van der Waals surface area (Å²) in [5.41, 5.74) is 3.70. The van der Waals surface area contributed by atoms with E-state index in [0.29, 0.717) is 12.3 Å². The van der Waals surface area contributed by atoms with Crippen molar-refractivity contribution in [3.05, 3.63) is 51.7 Å². The SMILES string of the molecule is CCc1c(-c2nnc(SCC(=O)NCCc3ccccc3)n2C)csc1C. The Morgan fingerprint density at radius 3 is 2.78 bits per heavy atom. The van der Waals surface area contributed by atoms with Crippen LogP contribution in [0.1, 0.15) is 22.9 Å². The number of nitrogens with one attached hydrogen (secondary N) is 1. The Kier molecular flexibility index (Phi) is 6.68. The standard InChI is InChI=1S/C20H24N4OS2/c1-4-16-14(2)26-12-17(16)19-22-23-20(24(19)3)27-13-18(25)21-11-10-15-8-6-5-7-9-15/h5-9,12H,4,10-11,13H2,1-3H3,(H,21,25). The van der Waals surface area contributed by atoms with Crippen molar-refractivity contribution >= 4 is 29.0 Å². The van der Waals surface area contributed by atoms with Crippen LogP contribution in [0.5, 0.6) is 0 Å². The van der Waals surface area contributed by atoms with E-state index in [-0.39, 0.29) is 5.91 Å². The van der Waals surface area contributed by atoms with Crippen LogP contribution in [0.2, 0.25) is 0 Å². The number of hydrogen-bond acceptors (Lipinski definition) is 5. The maximum absolute atomic E-state index is 12.1. The Hall–Kier alpha value is -2.12. The molecule has 0 bridgehead atoms. The molecule has 0 unspecified atom stereocenters. The molecule has 0 fully saturated rings. The molecule has 5 nitrogen and oxygen atoms in total. The molecular weight excluding hydrogens is 376 g/mol. The van der Waals surface area contributed by atoms with Crippen LogP contribution in [0.15, 0.2) is 40.9 Å². The second-order valence-corrected chi connectivity index (χ2v) is 8.30. The highest BCUT2D eigenvalue weighted by Crippen LogP contribution is 2.31. The minimum absolute atomic E-state index is 0.0149. The molecule has 27 heavy (non-hydrogen) atoms. The molecule has 3 aromatic rings.